The summed E-state index contributed by atoms with van der Waals surface area (Å²) in [6, 6.07) is 15.6. The van der Waals surface area contributed by atoms with Crippen molar-refractivity contribution in [2.45, 2.75) is 65.6 Å². The number of rotatable bonds is 7. The van der Waals surface area contributed by atoms with Gasteiger partial charge in [-0.05, 0) is 68.5 Å². The van der Waals surface area contributed by atoms with Gasteiger partial charge in [0.15, 0.2) is 0 Å². The van der Waals surface area contributed by atoms with E-state index >= 15 is 0 Å². The zero-order valence-electron chi connectivity index (χ0n) is 20.7. The van der Waals surface area contributed by atoms with Gasteiger partial charge in [-0.3, -0.25) is 9.59 Å². The van der Waals surface area contributed by atoms with Gasteiger partial charge in [0, 0.05) is 17.9 Å². The fraction of sp³-hybridized carbons (Fsp3) is 0.481. The largest absolute Gasteiger partial charge is 0.355 e. The van der Waals surface area contributed by atoms with Gasteiger partial charge in [-0.25, -0.2) is 0 Å². The van der Waals surface area contributed by atoms with Crippen LogP contribution in [0.1, 0.15) is 57.7 Å². The Morgan fingerprint density at radius 3 is 2.48 bits per heavy atom. The molecule has 0 saturated carbocycles. The summed E-state index contributed by atoms with van der Waals surface area (Å²) in [7, 11) is 1.74. The Balaban J connectivity index is 1.82. The van der Waals surface area contributed by atoms with Crippen molar-refractivity contribution in [2.24, 2.45) is 5.41 Å². The molecule has 2 aromatic carbocycles. The molecule has 1 aliphatic heterocycles. The van der Waals surface area contributed by atoms with Crippen LogP contribution in [0.15, 0.2) is 48.5 Å². The molecular formula is C27H38N4O2. The number of carbonyl (C=O) groups is 2. The van der Waals surface area contributed by atoms with E-state index in [1.165, 1.54) is 5.56 Å². The molecule has 3 N–H and O–H groups in total. The van der Waals surface area contributed by atoms with Gasteiger partial charge in [0.2, 0.25) is 11.8 Å². The normalized spacial score (nSPS) is 18.0. The van der Waals surface area contributed by atoms with Gasteiger partial charge in [-0.2, -0.15) is 0 Å². The number of likely N-dealkylation sites (N-methyl/N-ethyl adjacent to an activating group) is 1. The van der Waals surface area contributed by atoms with Crippen molar-refractivity contribution in [1.82, 2.24) is 15.5 Å². The Labute approximate surface area is 198 Å². The number of nitrogens with zero attached hydrogens (tertiary/aromatic N) is 1. The topological polar surface area (TPSA) is 73.5 Å². The van der Waals surface area contributed by atoms with Crippen molar-refractivity contribution in [3.8, 4) is 0 Å². The second kappa shape index (κ2) is 10.4. The number of anilines is 2. The van der Waals surface area contributed by atoms with E-state index in [1.54, 1.807) is 14.0 Å². The van der Waals surface area contributed by atoms with Gasteiger partial charge in [0.05, 0.1) is 12.1 Å². The average molecular weight is 451 g/mol. The van der Waals surface area contributed by atoms with E-state index < -0.39 is 11.5 Å². The summed E-state index contributed by atoms with van der Waals surface area (Å²) in [5, 5.41) is 9.46. The van der Waals surface area contributed by atoms with E-state index in [4.69, 9.17) is 0 Å². The highest BCUT2D eigenvalue weighted by atomic mass is 16.2. The molecule has 0 aromatic heterocycles. The molecule has 1 aliphatic rings. The minimum Gasteiger partial charge on any atom is -0.355 e. The minimum absolute atomic E-state index is 0.000374. The van der Waals surface area contributed by atoms with E-state index in [1.807, 2.05) is 49.9 Å². The van der Waals surface area contributed by atoms with E-state index in [9.17, 15) is 9.59 Å². The fourth-order valence-corrected chi connectivity index (χ4v) is 4.28. The predicted octanol–water partition coefficient (Wildman–Crippen LogP) is 4.54. The van der Waals surface area contributed by atoms with Gasteiger partial charge in [-0.15, -0.1) is 0 Å². The van der Waals surface area contributed by atoms with E-state index in [0.29, 0.717) is 6.54 Å². The van der Waals surface area contributed by atoms with Crippen LogP contribution < -0.4 is 16.0 Å². The van der Waals surface area contributed by atoms with Gasteiger partial charge in [-0.1, -0.05) is 51.1 Å². The highest BCUT2D eigenvalue weighted by Crippen LogP contribution is 2.36. The minimum atomic E-state index is -0.588. The molecule has 33 heavy (non-hydrogen) atoms. The second-order valence-corrected chi connectivity index (χ2v) is 10.1. The summed E-state index contributed by atoms with van der Waals surface area (Å²) in [4.78, 5) is 28.3. The molecule has 0 bridgehead atoms. The first-order chi connectivity index (χ1) is 15.6. The zero-order chi connectivity index (χ0) is 24.2. The monoisotopic (exact) mass is 450 g/mol. The molecule has 6 nitrogen and oxygen atoms in total. The van der Waals surface area contributed by atoms with E-state index in [2.05, 4.69) is 47.1 Å². The highest BCUT2D eigenvalue weighted by Gasteiger charge is 2.40. The molecule has 0 spiro atoms. The summed E-state index contributed by atoms with van der Waals surface area (Å²) in [5.74, 6) is -0.176. The Morgan fingerprint density at radius 1 is 1.09 bits per heavy atom. The van der Waals surface area contributed by atoms with Crippen molar-refractivity contribution in [2.75, 3.05) is 18.9 Å². The van der Waals surface area contributed by atoms with Gasteiger partial charge < -0.3 is 20.9 Å². The number of para-hydroxylation sites is 1. The van der Waals surface area contributed by atoms with Gasteiger partial charge in [0.25, 0.3) is 0 Å². The van der Waals surface area contributed by atoms with Crippen LogP contribution in [0.3, 0.4) is 0 Å². The summed E-state index contributed by atoms with van der Waals surface area (Å²) in [5.41, 5.74) is 3.97. The first-order valence-electron chi connectivity index (χ1n) is 11.8. The fourth-order valence-electron chi connectivity index (χ4n) is 4.28. The van der Waals surface area contributed by atoms with Gasteiger partial charge in [0.1, 0.15) is 6.04 Å². The van der Waals surface area contributed by atoms with Gasteiger partial charge >= 0.3 is 0 Å². The molecule has 2 amide bonds. The maximum Gasteiger partial charge on any atom is 0.246 e. The number of benzene rings is 2. The standard InChI is InChI=1S/C27H38N4O2/c1-18-11-7-8-14-22(18)29-21-13-9-12-20(17-21)23-15-10-16-31(23)26(33)24(27(3,4)5)30-25(32)19(2)28-6/h7-9,11-14,17,19,23-24,28-29H,10,15-16H2,1-6H3,(H,30,32)/t19-,23-,24+/m0/s1. The Morgan fingerprint density at radius 2 is 1.82 bits per heavy atom. The third kappa shape index (κ3) is 5.93. The lowest BCUT2D eigenvalue weighted by molar-refractivity contribution is -0.140. The third-order valence-electron chi connectivity index (χ3n) is 6.46. The predicted molar refractivity (Wildman–Crippen MR) is 134 cm³/mol. The van der Waals surface area contributed by atoms with Crippen LogP contribution in [-0.4, -0.2) is 42.4 Å². The van der Waals surface area contributed by atoms with Crippen LogP contribution in [-0.2, 0) is 9.59 Å². The van der Waals surface area contributed by atoms with E-state index in [-0.39, 0.29) is 23.9 Å². The molecule has 1 fully saturated rings. The molecule has 0 radical (unpaired) electrons. The zero-order valence-corrected chi connectivity index (χ0v) is 20.7. The Kier molecular flexibility index (Phi) is 7.80. The first kappa shape index (κ1) is 24.8. The SMILES string of the molecule is CN[C@@H](C)C(=O)N[C@H](C(=O)N1CCC[C@H]1c1cccc(Nc2ccccc2C)c1)C(C)(C)C. The molecule has 2 aromatic rings. The molecule has 178 valence electrons. The number of carbonyl (C=O) groups excluding carboxylic acids is 2. The van der Waals surface area contributed by atoms with Crippen molar-refractivity contribution < 1.29 is 9.59 Å². The first-order valence-corrected chi connectivity index (χ1v) is 11.8. The van der Waals surface area contributed by atoms with Crippen molar-refractivity contribution in [3.63, 3.8) is 0 Å². The quantitative estimate of drug-likeness (QED) is 0.579. The number of hydrogen-bond donors (Lipinski definition) is 3. The number of hydrogen-bond acceptors (Lipinski definition) is 4. The second-order valence-electron chi connectivity index (χ2n) is 10.1. The summed E-state index contributed by atoms with van der Waals surface area (Å²) in [6.07, 6.45) is 1.86. The van der Waals surface area contributed by atoms with Crippen LogP contribution in [0.5, 0.6) is 0 Å². The molecule has 1 heterocycles. The molecule has 1 saturated heterocycles. The third-order valence-corrected chi connectivity index (χ3v) is 6.46. The van der Waals surface area contributed by atoms with Crippen molar-refractivity contribution >= 4 is 23.2 Å². The smallest absolute Gasteiger partial charge is 0.246 e. The summed E-state index contributed by atoms with van der Waals surface area (Å²) in [6.45, 7) is 10.6. The van der Waals surface area contributed by atoms with Crippen LogP contribution in [0.25, 0.3) is 0 Å². The number of amides is 2. The highest BCUT2D eigenvalue weighted by molar-refractivity contribution is 5.90. The molecule has 6 heteroatoms. The molecule has 0 aliphatic carbocycles. The van der Waals surface area contributed by atoms with Crippen LogP contribution in [0.4, 0.5) is 11.4 Å². The van der Waals surface area contributed by atoms with Crippen LogP contribution in [0, 0.1) is 12.3 Å². The Hall–Kier alpha value is -2.86. The molecule has 3 atom stereocenters. The van der Waals surface area contributed by atoms with E-state index in [0.717, 1.165) is 29.8 Å². The Bertz CT molecular complexity index is 982. The average Bonchev–Trinajstić information content (AvgIpc) is 3.27. The molecular weight excluding hydrogens is 412 g/mol. The summed E-state index contributed by atoms with van der Waals surface area (Å²) < 4.78 is 0. The van der Waals surface area contributed by atoms with Crippen LogP contribution in [0.2, 0.25) is 0 Å². The number of aryl methyl sites for hydroxylation is 1. The van der Waals surface area contributed by atoms with Crippen molar-refractivity contribution in [3.05, 3.63) is 59.7 Å². The van der Waals surface area contributed by atoms with Crippen LogP contribution >= 0.6 is 0 Å². The lowest BCUT2D eigenvalue weighted by Crippen LogP contribution is -2.57. The molecule has 0 unspecified atom stereocenters. The lowest BCUT2D eigenvalue weighted by Gasteiger charge is -2.36. The number of likely N-dealkylation sites (tertiary alicyclic amines) is 1. The van der Waals surface area contributed by atoms with Crippen molar-refractivity contribution in [1.29, 1.82) is 0 Å². The maximum atomic E-state index is 13.7. The summed E-state index contributed by atoms with van der Waals surface area (Å²) >= 11 is 0. The number of nitrogens with one attached hydrogen (secondary N) is 3. The molecule has 3 rings (SSSR count). The maximum absolute atomic E-state index is 13.7. The lowest BCUT2D eigenvalue weighted by atomic mass is 9.85.